The molecule has 3 nitrogen and oxygen atoms in total. The van der Waals surface area contributed by atoms with Gasteiger partial charge in [-0.2, -0.15) is 0 Å². The van der Waals surface area contributed by atoms with Gasteiger partial charge in [0, 0.05) is 25.7 Å². The molecule has 0 aromatic carbocycles. The van der Waals surface area contributed by atoms with Crippen molar-refractivity contribution in [1.29, 1.82) is 0 Å². The van der Waals surface area contributed by atoms with Crippen molar-refractivity contribution in [3.05, 3.63) is 23.3 Å². The fraction of sp³-hybridized carbons (Fsp3) is 0.722. The van der Waals surface area contributed by atoms with Gasteiger partial charge >= 0.3 is 0 Å². The van der Waals surface area contributed by atoms with Crippen LogP contribution < -0.4 is 0 Å². The van der Waals surface area contributed by atoms with Crippen molar-refractivity contribution in [3.8, 4) is 0 Å². The van der Waals surface area contributed by atoms with E-state index in [-0.39, 0.29) is 6.04 Å². The van der Waals surface area contributed by atoms with Crippen LogP contribution in [-0.2, 0) is 4.79 Å². The van der Waals surface area contributed by atoms with Crippen molar-refractivity contribution in [2.75, 3.05) is 19.6 Å². The molecule has 0 unspecified atom stereocenters. The molecule has 0 saturated carbocycles. The predicted molar refractivity (Wildman–Crippen MR) is 88.2 cm³/mol. The van der Waals surface area contributed by atoms with Crippen LogP contribution in [0, 0.1) is 0 Å². The first-order valence-corrected chi connectivity index (χ1v) is 8.32. The van der Waals surface area contributed by atoms with Crippen molar-refractivity contribution in [2.45, 2.75) is 65.5 Å². The van der Waals surface area contributed by atoms with Crippen molar-refractivity contribution in [1.82, 2.24) is 9.80 Å². The highest BCUT2D eigenvalue weighted by Gasteiger charge is 2.39. The molecule has 2 aliphatic rings. The number of fused-ring (bicyclic) bond motifs is 1. The maximum absolute atomic E-state index is 12.4. The Morgan fingerprint density at radius 1 is 1.29 bits per heavy atom. The average Bonchev–Trinajstić information content (AvgIpc) is 2.89. The molecular weight excluding hydrogens is 260 g/mol. The van der Waals surface area contributed by atoms with E-state index < -0.39 is 0 Å². The number of nitrogens with zero attached hydrogens (tertiary/aromatic N) is 2. The maximum atomic E-state index is 12.4. The Kier molecular flexibility index (Phi) is 5.63. The summed E-state index contributed by atoms with van der Waals surface area (Å²) in [6, 6.07) is 0.509. The van der Waals surface area contributed by atoms with Crippen LogP contribution in [0.25, 0.3) is 0 Å². The second-order valence-electron chi connectivity index (χ2n) is 6.83. The fourth-order valence-electron chi connectivity index (χ4n) is 3.34. The number of allylic oxidation sites excluding steroid dienone is 3. The molecule has 0 N–H and O–H groups in total. The Morgan fingerprint density at radius 2 is 2.05 bits per heavy atom. The van der Waals surface area contributed by atoms with E-state index in [2.05, 4.69) is 49.6 Å². The lowest BCUT2D eigenvalue weighted by Crippen LogP contribution is -2.58. The Bertz CT molecular complexity index is 434. The van der Waals surface area contributed by atoms with Crippen LogP contribution in [0.15, 0.2) is 23.3 Å². The third-order valence-electron chi connectivity index (χ3n) is 4.78. The molecule has 2 atom stereocenters. The lowest BCUT2D eigenvalue weighted by molar-refractivity contribution is -0.142. The molecule has 2 aliphatic heterocycles. The number of carbonyl (C=O) groups excluding carboxylic acids is 1. The van der Waals surface area contributed by atoms with Gasteiger partial charge in [-0.25, -0.2) is 0 Å². The lowest BCUT2D eigenvalue weighted by atomic mass is 10.1. The van der Waals surface area contributed by atoms with Gasteiger partial charge in [-0.1, -0.05) is 23.3 Å². The molecule has 118 valence electrons. The first kappa shape index (κ1) is 16.3. The molecular formula is C18H30N2O. The third kappa shape index (κ3) is 4.19. The van der Waals surface area contributed by atoms with Gasteiger partial charge in [0.25, 0.3) is 0 Å². The molecule has 0 bridgehead atoms. The topological polar surface area (TPSA) is 23.6 Å². The summed E-state index contributed by atoms with van der Waals surface area (Å²) < 4.78 is 0. The van der Waals surface area contributed by atoms with Gasteiger partial charge < -0.3 is 4.90 Å². The number of piperazine rings is 1. The summed E-state index contributed by atoms with van der Waals surface area (Å²) in [4.78, 5) is 16.8. The summed E-state index contributed by atoms with van der Waals surface area (Å²) >= 11 is 0. The Morgan fingerprint density at radius 3 is 2.76 bits per heavy atom. The second kappa shape index (κ2) is 7.26. The van der Waals surface area contributed by atoms with E-state index in [1.54, 1.807) is 0 Å². The smallest absolute Gasteiger partial charge is 0.239 e. The summed E-state index contributed by atoms with van der Waals surface area (Å²) in [5.74, 6) is 0.333. The lowest BCUT2D eigenvalue weighted by Gasteiger charge is -2.41. The monoisotopic (exact) mass is 290 g/mol. The standard InChI is InChI=1S/C18H30N2O/c1-14(2)7-5-8-15(3)10-12-19-13-17-9-6-11-20(17)18(21)16(19)4/h7,10,16-17H,5-6,8-9,11-13H2,1-4H3/t16-,17-/m1/s1. The van der Waals surface area contributed by atoms with E-state index in [4.69, 9.17) is 0 Å². The molecule has 1 amide bonds. The van der Waals surface area contributed by atoms with E-state index in [1.165, 1.54) is 24.0 Å². The minimum absolute atomic E-state index is 0.0428. The third-order valence-corrected chi connectivity index (χ3v) is 4.78. The zero-order valence-corrected chi connectivity index (χ0v) is 14.1. The number of carbonyl (C=O) groups is 1. The number of hydrogen-bond donors (Lipinski definition) is 0. The summed E-state index contributed by atoms with van der Waals surface area (Å²) in [6.45, 7) is 11.5. The average molecular weight is 290 g/mol. The summed E-state index contributed by atoms with van der Waals surface area (Å²) in [5, 5.41) is 0. The second-order valence-corrected chi connectivity index (χ2v) is 6.83. The molecule has 2 heterocycles. The SMILES string of the molecule is CC(C)=CCCC(C)=CCN1C[C@H]2CCCN2C(=O)[C@H]1C. The Balaban J connectivity index is 1.87. The van der Waals surface area contributed by atoms with Crippen LogP contribution in [0.5, 0.6) is 0 Å². The summed E-state index contributed by atoms with van der Waals surface area (Å²) in [7, 11) is 0. The van der Waals surface area contributed by atoms with Crippen LogP contribution >= 0.6 is 0 Å². The number of hydrogen-bond acceptors (Lipinski definition) is 2. The van der Waals surface area contributed by atoms with Gasteiger partial charge in [0.1, 0.15) is 0 Å². The Labute approximate surface area is 129 Å². The molecule has 2 rings (SSSR count). The van der Waals surface area contributed by atoms with Crippen molar-refractivity contribution in [2.24, 2.45) is 0 Å². The van der Waals surface area contributed by atoms with Crippen LogP contribution in [0.2, 0.25) is 0 Å². The Hall–Kier alpha value is -1.09. The normalized spacial score (nSPS) is 27.0. The molecule has 0 aromatic rings. The highest BCUT2D eigenvalue weighted by atomic mass is 16.2. The fourth-order valence-corrected chi connectivity index (χ4v) is 3.34. The summed E-state index contributed by atoms with van der Waals surface area (Å²) in [6.07, 6.45) is 9.20. The van der Waals surface area contributed by atoms with E-state index in [0.29, 0.717) is 11.9 Å². The largest absolute Gasteiger partial charge is 0.337 e. The van der Waals surface area contributed by atoms with Crippen molar-refractivity contribution < 1.29 is 4.79 Å². The molecule has 2 saturated heterocycles. The molecule has 2 fully saturated rings. The van der Waals surface area contributed by atoms with E-state index in [9.17, 15) is 4.79 Å². The van der Waals surface area contributed by atoms with Crippen molar-refractivity contribution >= 4 is 5.91 Å². The van der Waals surface area contributed by atoms with Gasteiger partial charge in [0.05, 0.1) is 6.04 Å². The van der Waals surface area contributed by atoms with E-state index in [1.807, 2.05) is 0 Å². The minimum atomic E-state index is 0.0428. The summed E-state index contributed by atoms with van der Waals surface area (Å²) in [5.41, 5.74) is 2.82. The quantitative estimate of drug-likeness (QED) is 0.725. The van der Waals surface area contributed by atoms with Gasteiger partial charge in [0.15, 0.2) is 0 Å². The molecule has 0 spiro atoms. The van der Waals surface area contributed by atoms with E-state index in [0.717, 1.165) is 32.5 Å². The van der Waals surface area contributed by atoms with Gasteiger partial charge in [-0.15, -0.1) is 0 Å². The highest BCUT2D eigenvalue weighted by Crippen LogP contribution is 2.25. The van der Waals surface area contributed by atoms with Crippen LogP contribution in [0.1, 0.15) is 53.4 Å². The first-order chi connectivity index (χ1) is 9.99. The number of rotatable bonds is 5. The molecule has 21 heavy (non-hydrogen) atoms. The van der Waals surface area contributed by atoms with E-state index >= 15 is 0 Å². The molecule has 3 heteroatoms. The van der Waals surface area contributed by atoms with Crippen LogP contribution in [0.4, 0.5) is 0 Å². The van der Waals surface area contributed by atoms with Crippen LogP contribution in [-0.4, -0.2) is 47.4 Å². The first-order valence-electron chi connectivity index (χ1n) is 8.32. The van der Waals surface area contributed by atoms with Gasteiger partial charge in [0.2, 0.25) is 5.91 Å². The molecule has 0 radical (unpaired) electrons. The van der Waals surface area contributed by atoms with Gasteiger partial charge in [-0.05, 0) is 53.4 Å². The van der Waals surface area contributed by atoms with Crippen molar-refractivity contribution in [3.63, 3.8) is 0 Å². The zero-order valence-electron chi connectivity index (χ0n) is 14.1. The zero-order chi connectivity index (χ0) is 15.4. The molecule has 0 aliphatic carbocycles. The minimum Gasteiger partial charge on any atom is -0.337 e. The maximum Gasteiger partial charge on any atom is 0.239 e. The van der Waals surface area contributed by atoms with Gasteiger partial charge in [-0.3, -0.25) is 9.69 Å². The number of amides is 1. The highest BCUT2D eigenvalue weighted by molar-refractivity contribution is 5.83. The predicted octanol–water partition coefficient (Wildman–Crippen LogP) is 3.37. The van der Waals surface area contributed by atoms with Crippen LogP contribution in [0.3, 0.4) is 0 Å². The molecule has 0 aromatic heterocycles.